The van der Waals surface area contributed by atoms with Gasteiger partial charge in [0.25, 0.3) is 0 Å². The van der Waals surface area contributed by atoms with E-state index in [9.17, 15) is 25.5 Å². The molecule has 9 atom stereocenters. The molecule has 0 aromatic heterocycles. The molecule has 13 heteroatoms. The molecule has 5 fully saturated rings. The van der Waals surface area contributed by atoms with Crippen molar-refractivity contribution in [3.05, 3.63) is 101 Å². The standard InChI is InChI=1S/C68H82N2O11/c1-3-41-32-51(42-13-10-15-46(72)30-42)44(33-56(41)74)29-45-31-49(79-48-16-4-5-17-48)35-53-62(75)55(38-78-63(45)53)60-57(18-12-27-76-2)80-64-50-20-19-47(73)34-52(50)59-36-54(64)65(60)81-58(21-26-71)61-43(14-11-28-77-59)37-69-68(70-61)40-66(22-6-7-23-66)39-67(68)24-8-9-25-67/h10,13,15,19-20,30-36,43,48,55,57-58,60-62,65,69-75H,3-9,12,16-18,21-29,37-40H2,1-2H3/t43-,55-,57+,58-,60-,61-,62-,65+,68-/m1/s1. The first-order chi connectivity index (χ1) is 39.5. The number of aliphatic hydroxyl groups is 2. The van der Waals surface area contributed by atoms with Gasteiger partial charge < -0.3 is 54.0 Å². The Labute approximate surface area is 477 Å². The van der Waals surface area contributed by atoms with Crippen molar-refractivity contribution in [3.63, 3.8) is 0 Å². The smallest absolute Gasteiger partial charge is 0.149 e. The van der Waals surface area contributed by atoms with Gasteiger partial charge in [0, 0.05) is 84.0 Å². The molecule has 4 heterocycles. The van der Waals surface area contributed by atoms with Crippen LogP contribution in [0.3, 0.4) is 0 Å². The monoisotopic (exact) mass is 1100 g/mol. The van der Waals surface area contributed by atoms with E-state index in [4.69, 9.17) is 28.4 Å². The van der Waals surface area contributed by atoms with Crippen molar-refractivity contribution < 1.29 is 54.0 Å². The van der Waals surface area contributed by atoms with Crippen molar-refractivity contribution in [2.24, 2.45) is 28.6 Å². The second-order valence-electron chi connectivity index (χ2n) is 25.4. The molecule has 0 radical (unpaired) electrons. The molecule has 2 bridgehead atoms. The fourth-order valence-corrected chi connectivity index (χ4v) is 16.9. The quantitative estimate of drug-likeness (QED) is 0.0438. The Hall–Kier alpha value is -5.72. The van der Waals surface area contributed by atoms with Gasteiger partial charge in [0.1, 0.15) is 53.0 Å². The lowest BCUT2D eigenvalue weighted by Gasteiger charge is -2.54. The summed E-state index contributed by atoms with van der Waals surface area (Å²) in [6.45, 7) is 3.36. The van der Waals surface area contributed by atoms with Gasteiger partial charge in [0.15, 0.2) is 0 Å². The van der Waals surface area contributed by atoms with E-state index in [-0.39, 0.29) is 66.2 Å². The lowest BCUT2D eigenvalue weighted by atomic mass is 9.71. The minimum atomic E-state index is -1.07. The summed E-state index contributed by atoms with van der Waals surface area (Å²) >= 11 is 0. The van der Waals surface area contributed by atoms with Gasteiger partial charge in [-0.2, -0.15) is 0 Å². The molecule has 0 amide bonds. The first-order valence-corrected chi connectivity index (χ1v) is 30.6. The number of phenolic OH excluding ortho intramolecular Hbond substituents is 3. The molecule has 81 heavy (non-hydrogen) atoms. The molecule has 5 aromatic rings. The molecule has 1 saturated heterocycles. The van der Waals surface area contributed by atoms with E-state index in [2.05, 4.69) is 22.5 Å². The number of rotatable bonds is 13. The number of hydrogen-bond donors (Lipinski definition) is 7. The summed E-state index contributed by atoms with van der Waals surface area (Å²) in [4.78, 5) is 0. The van der Waals surface area contributed by atoms with Crippen LogP contribution in [0.5, 0.6) is 40.2 Å². The van der Waals surface area contributed by atoms with Crippen LogP contribution >= 0.6 is 0 Å². The van der Waals surface area contributed by atoms with Crippen molar-refractivity contribution >= 4 is 10.8 Å². The van der Waals surface area contributed by atoms with E-state index in [1.165, 1.54) is 57.8 Å². The molecule has 430 valence electrons. The van der Waals surface area contributed by atoms with Crippen LogP contribution in [-0.2, 0) is 22.3 Å². The maximum Gasteiger partial charge on any atom is 0.149 e. The average Bonchev–Trinajstić information content (AvgIpc) is 4.51. The first kappa shape index (κ1) is 54.5. The molecule has 3 spiro atoms. The zero-order valence-corrected chi connectivity index (χ0v) is 47.3. The third-order valence-electron chi connectivity index (χ3n) is 20.6. The minimum absolute atomic E-state index is 0.0338. The molecule has 4 saturated carbocycles. The highest BCUT2D eigenvalue weighted by molar-refractivity contribution is 5.96. The van der Waals surface area contributed by atoms with Gasteiger partial charge in [-0.1, -0.05) is 56.6 Å². The zero-order valence-electron chi connectivity index (χ0n) is 47.3. The van der Waals surface area contributed by atoms with Crippen molar-refractivity contribution in [1.29, 1.82) is 0 Å². The number of aromatic hydroxyl groups is 3. The number of fused-ring (bicyclic) bond motifs is 7. The van der Waals surface area contributed by atoms with Crippen LogP contribution in [0.2, 0.25) is 0 Å². The fourth-order valence-electron chi connectivity index (χ4n) is 16.9. The summed E-state index contributed by atoms with van der Waals surface area (Å²) in [6, 6.07) is 22.1. The number of hydrogen-bond acceptors (Lipinski definition) is 13. The molecule has 8 aliphatic rings. The van der Waals surface area contributed by atoms with Crippen molar-refractivity contribution in [1.82, 2.24) is 10.6 Å². The van der Waals surface area contributed by atoms with E-state index < -0.39 is 36.3 Å². The summed E-state index contributed by atoms with van der Waals surface area (Å²) in [6.07, 6.45) is 16.1. The number of ether oxygens (including phenoxy) is 6. The maximum absolute atomic E-state index is 13.5. The highest BCUT2D eigenvalue weighted by atomic mass is 16.5. The van der Waals surface area contributed by atoms with Crippen LogP contribution < -0.4 is 29.6 Å². The zero-order chi connectivity index (χ0) is 55.5. The number of benzene rings is 5. The van der Waals surface area contributed by atoms with Crippen LogP contribution in [0.4, 0.5) is 0 Å². The molecular weight excluding hydrogens is 1020 g/mol. The van der Waals surface area contributed by atoms with Gasteiger partial charge in [-0.05, 0) is 178 Å². The third kappa shape index (κ3) is 10.1. The second kappa shape index (κ2) is 22.5. The summed E-state index contributed by atoms with van der Waals surface area (Å²) in [5.41, 5.74) is 5.66. The van der Waals surface area contributed by atoms with Gasteiger partial charge in [-0.25, -0.2) is 0 Å². The summed E-state index contributed by atoms with van der Waals surface area (Å²) < 4.78 is 41.8. The third-order valence-corrected chi connectivity index (χ3v) is 20.6. The predicted molar refractivity (Wildman–Crippen MR) is 310 cm³/mol. The number of nitrogens with one attached hydrogen (secondary N) is 2. The van der Waals surface area contributed by atoms with Gasteiger partial charge in [-0.3, -0.25) is 10.6 Å². The average molecular weight is 1100 g/mol. The van der Waals surface area contributed by atoms with Crippen LogP contribution in [0, 0.1) is 40.4 Å². The fraction of sp³-hybridized carbons (Fsp3) is 0.559. The Balaban J connectivity index is 0.941. The van der Waals surface area contributed by atoms with E-state index >= 15 is 0 Å². The molecule has 4 aliphatic carbocycles. The Morgan fingerprint density at radius 2 is 1.59 bits per heavy atom. The van der Waals surface area contributed by atoms with Crippen LogP contribution in [0.1, 0.15) is 156 Å². The van der Waals surface area contributed by atoms with Crippen LogP contribution in [0.15, 0.2) is 72.8 Å². The number of aliphatic hydroxyl groups excluding tert-OH is 2. The molecule has 4 aliphatic heterocycles. The summed E-state index contributed by atoms with van der Waals surface area (Å²) in [7, 11) is 1.71. The first-order valence-electron chi connectivity index (χ1n) is 30.6. The Bertz CT molecular complexity index is 3190. The largest absolute Gasteiger partial charge is 0.508 e. The van der Waals surface area contributed by atoms with E-state index in [1.807, 2.05) is 55.5 Å². The topological polar surface area (TPSA) is 181 Å². The lowest BCUT2D eigenvalue weighted by Crippen LogP contribution is -2.74. The normalized spacial score (nSPS) is 29.0. The molecule has 7 N–H and O–H groups in total. The van der Waals surface area contributed by atoms with Crippen molar-refractivity contribution in [2.45, 2.75) is 171 Å². The predicted octanol–water partition coefficient (Wildman–Crippen LogP) is 11.6. The molecular formula is C68H82N2O11. The molecule has 13 nitrogen and oxygen atoms in total. The van der Waals surface area contributed by atoms with Crippen molar-refractivity contribution in [3.8, 4) is 63.2 Å². The summed E-state index contributed by atoms with van der Waals surface area (Å²) in [5, 5.41) is 68.0. The molecule has 13 rings (SSSR count). The SMILES string of the molecule is CCc1cc(-c2cccc(O)c2)c(Cc2cc(OC3CCCC3)cc3c2OC[C@H]([C@@H]2[C@H](CCCOC)Oc4c5cc(c6cc(O)ccc46)OCC#C[C@@H]4CN[C@]6(CC7(CCCC7)CC67CCCC7)N[C@H]4[C@@H](CCO)O[C@@H]52)[C@@H]3O)cc1O. The highest BCUT2D eigenvalue weighted by Crippen LogP contribution is 2.67. The highest BCUT2D eigenvalue weighted by Gasteiger charge is 2.66. The number of phenols is 3. The van der Waals surface area contributed by atoms with Crippen LogP contribution in [-0.4, -0.2) is 95.6 Å². The Morgan fingerprint density at radius 1 is 0.778 bits per heavy atom. The molecule has 0 unspecified atom stereocenters. The number of aryl methyl sites for hydroxylation is 1. The van der Waals surface area contributed by atoms with Gasteiger partial charge in [0.05, 0.1) is 42.6 Å². The minimum Gasteiger partial charge on any atom is -0.508 e. The van der Waals surface area contributed by atoms with Crippen molar-refractivity contribution in [2.75, 3.05) is 40.1 Å². The maximum atomic E-state index is 13.5. The lowest BCUT2D eigenvalue weighted by molar-refractivity contribution is -0.151. The Kier molecular flexibility index (Phi) is 15.1. The second-order valence-corrected chi connectivity index (χ2v) is 25.4. The summed E-state index contributed by atoms with van der Waals surface area (Å²) in [5.74, 6) is 8.70. The van der Waals surface area contributed by atoms with E-state index in [0.29, 0.717) is 84.6 Å². The van der Waals surface area contributed by atoms with Gasteiger partial charge >= 0.3 is 0 Å². The Morgan fingerprint density at radius 3 is 2.38 bits per heavy atom. The van der Waals surface area contributed by atoms with Gasteiger partial charge in [-0.15, -0.1) is 0 Å². The van der Waals surface area contributed by atoms with E-state index in [0.717, 1.165) is 70.9 Å². The van der Waals surface area contributed by atoms with Gasteiger partial charge in [0.2, 0.25) is 0 Å². The van der Waals surface area contributed by atoms with E-state index in [1.54, 1.807) is 31.4 Å². The molecule has 5 aromatic carbocycles. The number of methoxy groups -OCH3 is 1. The van der Waals surface area contributed by atoms with Crippen LogP contribution in [0.25, 0.3) is 21.9 Å².